The Hall–Kier alpha value is -3.07. The summed E-state index contributed by atoms with van der Waals surface area (Å²) in [5, 5.41) is 10.9. The summed E-state index contributed by atoms with van der Waals surface area (Å²) in [4.78, 5) is 47.5. The standard InChI is InChI=1S/C29H28ClN3O4S/c1-31-15-5-9-22-23(26(31)35)24-27(36)33(21(17-34)18-7-3-2-4-8-18)25-28(37)32(16-6-14-29(24,25)38-22)20-12-10-19(30)11-13-20/h2-14,21-25,34H,15-17H2,1H3/t21-,22+,23-,24+,25?,29+/m1/s1. The van der Waals surface area contributed by atoms with E-state index < -0.39 is 28.7 Å². The minimum Gasteiger partial charge on any atom is -0.394 e. The molecule has 6 rings (SSSR count). The topological polar surface area (TPSA) is 81.2 Å². The van der Waals surface area contributed by atoms with E-state index in [-0.39, 0.29) is 29.6 Å². The van der Waals surface area contributed by atoms with Crippen molar-refractivity contribution in [3.8, 4) is 0 Å². The predicted molar refractivity (Wildman–Crippen MR) is 148 cm³/mol. The molecule has 4 heterocycles. The number of anilines is 1. The van der Waals surface area contributed by atoms with Crippen LogP contribution >= 0.6 is 23.4 Å². The van der Waals surface area contributed by atoms with Gasteiger partial charge >= 0.3 is 0 Å². The zero-order valence-corrected chi connectivity index (χ0v) is 22.4. The zero-order valence-electron chi connectivity index (χ0n) is 20.8. The van der Waals surface area contributed by atoms with Gasteiger partial charge in [0.25, 0.3) is 5.91 Å². The Labute approximate surface area is 230 Å². The average molecular weight is 550 g/mol. The van der Waals surface area contributed by atoms with Crippen LogP contribution in [-0.2, 0) is 14.4 Å². The van der Waals surface area contributed by atoms with Crippen molar-refractivity contribution >= 4 is 46.8 Å². The third kappa shape index (κ3) is 3.73. The lowest BCUT2D eigenvalue weighted by molar-refractivity contribution is -0.144. The number of aliphatic hydroxyl groups is 1. The molecule has 1 spiro atoms. The van der Waals surface area contributed by atoms with Crippen LogP contribution in [0.15, 0.2) is 78.9 Å². The lowest BCUT2D eigenvalue weighted by Gasteiger charge is -2.38. The van der Waals surface area contributed by atoms with Gasteiger partial charge < -0.3 is 19.8 Å². The third-order valence-corrected chi connectivity index (χ3v) is 10.1. The molecule has 1 unspecified atom stereocenters. The Balaban J connectivity index is 1.52. The van der Waals surface area contributed by atoms with Crippen LogP contribution in [0.1, 0.15) is 11.6 Å². The number of thioether (sulfide) groups is 1. The number of carbonyl (C=O) groups is 3. The lowest BCUT2D eigenvalue weighted by atomic mass is 9.78. The van der Waals surface area contributed by atoms with Gasteiger partial charge in [-0.3, -0.25) is 14.4 Å². The summed E-state index contributed by atoms with van der Waals surface area (Å²) in [6.45, 7) is 0.456. The van der Waals surface area contributed by atoms with Crippen molar-refractivity contribution in [1.82, 2.24) is 9.80 Å². The Morgan fingerprint density at radius 2 is 1.74 bits per heavy atom. The molecule has 3 amide bonds. The molecule has 2 aromatic carbocycles. The first-order valence-corrected chi connectivity index (χ1v) is 13.9. The number of nitrogens with zero attached hydrogens (tertiary/aromatic N) is 3. The lowest BCUT2D eigenvalue weighted by Crippen LogP contribution is -2.54. The minimum atomic E-state index is -0.953. The zero-order chi connectivity index (χ0) is 26.6. The van der Waals surface area contributed by atoms with E-state index in [4.69, 9.17) is 11.6 Å². The molecule has 1 N–H and O–H groups in total. The molecule has 0 radical (unpaired) electrons. The van der Waals surface area contributed by atoms with E-state index >= 15 is 0 Å². The van der Waals surface area contributed by atoms with Crippen molar-refractivity contribution in [3.63, 3.8) is 0 Å². The van der Waals surface area contributed by atoms with Crippen molar-refractivity contribution < 1.29 is 19.5 Å². The number of benzene rings is 2. The highest BCUT2D eigenvalue weighted by atomic mass is 35.5. The van der Waals surface area contributed by atoms with Crippen LogP contribution in [0.25, 0.3) is 0 Å². The molecule has 7 nitrogen and oxygen atoms in total. The summed E-state index contributed by atoms with van der Waals surface area (Å²) in [5.74, 6) is -1.94. The molecular formula is C29H28ClN3O4S. The van der Waals surface area contributed by atoms with Crippen LogP contribution < -0.4 is 4.90 Å². The minimum absolute atomic E-state index is 0.0942. The number of hydrogen-bond acceptors (Lipinski definition) is 5. The quantitative estimate of drug-likeness (QED) is 0.592. The van der Waals surface area contributed by atoms with Crippen molar-refractivity contribution in [3.05, 3.63) is 89.5 Å². The fraction of sp³-hybridized carbons (Fsp3) is 0.345. The van der Waals surface area contributed by atoms with E-state index in [1.54, 1.807) is 46.0 Å². The van der Waals surface area contributed by atoms with Gasteiger partial charge in [-0.15, -0.1) is 11.8 Å². The molecule has 2 aromatic rings. The maximum Gasteiger partial charge on any atom is 0.251 e. The molecule has 4 aliphatic heterocycles. The number of amides is 3. The Kier molecular flexibility index (Phi) is 6.37. The van der Waals surface area contributed by atoms with Crippen LogP contribution in [0.2, 0.25) is 5.02 Å². The van der Waals surface area contributed by atoms with Gasteiger partial charge in [-0.2, -0.15) is 0 Å². The Morgan fingerprint density at radius 1 is 1.00 bits per heavy atom. The van der Waals surface area contributed by atoms with Crippen molar-refractivity contribution in [2.24, 2.45) is 11.8 Å². The number of hydrogen-bond donors (Lipinski definition) is 1. The average Bonchev–Trinajstić information content (AvgIpc) is 3.25. The number of aliphatic hydroxyl groups excluding tert-OH is 1. The molecule has 0 bridgehead atoms. The summed E-state index contributed by atoms with van der Waals surface area (Å²) >= 11 is 7.64. The molecular weight excluding hydrogens is 522 g/mol. The summed E-state index contributed by atoms with van der Waals surface area (Å²) < 4.78 is -0.953. The Morgan fingerprint density at radius 3 is 2.45 bits per heavy atom. The SMILES string of the molecule is CN1CC=C[C@@H]2S[C@]34C=CCN(c5ccc(Cl)cc5)C(=O)C3N([C@H](CO)c3ccccc3)C(=O)[C@@H]4[C@@H]2C1=O. The first-order valence-electron chi connectivity index (χ1n) is 12.7. The third-order valence-electron chi connectivity index (χ3n) is 8.13. The number of fused-ring (bicyclic) bond motifs is 2. The molecule has 2 saturated heterocycles. The summed E-state index contributed by atoms with van der Waals surface area (Å²) in [6, 6.07) is 14.7. The van der Waals surface area contributed by atoms with Crippen LogP contribution in [0.3, 0.4) is 0 Å². The van der Waals surface area contributed by atoms with Gasteiger partial charge in [-0.1, -0.05) is 66.2 Å². The summed E-state index contributed by atoms with van der Waals surface area (Å²) in [7, 11) is 1.75. The van der Waals surface area contributed by atoms with E-state index in [2.05, 4.69) is 0 Å². The van der Waals surface area contributed by atoms with Gasteiger partial charge in [-0.25, -0.2) is 0 Å². The molecule has 4 aliphatic rings. The highest BCUT2D eigenvalue weighted by Gasteiger charge is 2.71. The molecule has 0 aromatic heterocycles. The van der Waals surface area contributed by atoms with E-state index in [1.165, 1.54) is 11.8 Å². The maximum atomic E-state index is 14.5. The summed E-state index contributed by atoms with van der Waals surface area (Å²) in [5.41, 5.74) is 1.41. The Bertz CT molecular complexity index is 1330. The molecule has 9 heteroatoms. The second kappa shape index (κ2) is 9.59. The molecule has 38 heavy (non-hydrogen) atoms. The van der Waals surface area contributed by atoms with E-state index in [0.29, 0.717) is 23.8 Å². The van der Waals surface area contributed by atoms with Crippen molar-refractivity contribution in [1.29, 1.82) is 0 Å². The largest absolute Gasteiger partial charge is 0.394 e. The van der Waals surface area contributed by atoms with E-state index in [9.17, 15) is 19.5 Å². The number of carbonyl (C=O) groups excluding carboxylic acids is 3. The monoisotopic (exact) mass is 549 g/mol. The summed E-state index contributed by atoms with van der Waals surface area (Å²) in [6.07, 6.45) is 7.89. The smallest absolute Gasteiger partial charge is 0.251 e. The number of likely N-dealkylation sites (N-methyl/N-ethyl adjacent to an activating group) is 1. The fourth-order valence-corrected chi connectivity index (χ4v) is 8.54. The highest BCUT2D eigenvalue weighted by molar-refractivity contribution is 8.02. The van der Waals surface area contributed by atoms with Gasteiger partial charge in [0.2, 0.25) is 11.8 Å². The number of likely N-dealkylation sites (tertiary alicyclic amines) is 1. The van der Waals surface area contributed by atoms with Gasteiger partial charge in [0.15, 0.2) is 0 Å². The number of rotatable bonds is 4. The van der Waals surface area contributed by atoms with Crippen molar-refractivity contribution in [2.45, 2.75) is 22.1 Å². The molecule has 0 saturated carbocycles. The molecule has 2 fully saturated rings. The number of halogens is 1. The van der Waals surface area contributed by atoms with E-state index in [0.717, 1.165) is 5.56 Å². The van der Waals surface area contributed by atoms with Crippen LogP contribution in [0.4, 0.5) is 5.69 Å². The molecule has 196 valence electrons. The van der Waals surface area contributed by atoms with Gasteiger partial charge in [0, 0.05) is 36.1 Å². The second-order valence-corrected chi connectivity index (χ2v) is 12.1. The van der Waals surface area contributed by atoms with Gasteiger partial charge in [0.05, 0.1) is 29.2 Å². The van der Waals surface area contributed by atoms with E-state index in [1.807, 2.05) is 54.6 Å². The van der Waals surface area contributed by atoms with Crippen LogP contribution in [-0.4, -0.2) is 75.4 Å². The second-order valence-electron chi connectivity index (χ2n) is 10.2. The van der Waals surface area contributed by atoms with Gasteiger partial charge in [-0.05, 0) is 29.8 Å². The van der Waals surface area contributed by atoms with Crippen molar-refractivity contribution in [2.75, 3.05) is 31.6 Å². The first-order chi connectivity index (χ1) is 18.4. The predicted octanol–water partition coefficient (Wildman–Crippen LogP) is 3.30. The van der Waals surface area contributed by atoms with Gasteiger partial charge in [0.1, 0.15) is 6.04 Å². The fourth-order valence-electron chi connectivity index (χ4n) is 6.42. The van der Waals surface area contributed by atoms with Crippen LogP contribution in [0, 0.1) is 11.8 Å². The highest BCUT2D eigenvalue weighted by Crippen LogP contribution is 2.62. The maximum absolute atomic E-state index is 14.5. The normalized spacial score (nSPS) is 31.1. The first kappa shape index (κ1) is 25.2. The molecule has 0 aliphatic carbocycles. The van der Waals surface area contributed by atoms with Crippen LogP contribution in [0.5, 0.6) is 0 Å². The molecule has 6 atom stereocenters.